The Morgan fingerprint density at radius 1 is 1.38 bits per heavy atom. The fourth-order valence-electron chi connectivity index (χ4n) is 2.46. The maximum Gasteiger partial charge on any atom is 0.303 e. The van der Waals surface area contributed by atoms with Crippen LogP contribution in [0.25, 0.3) is 0 Å². The van der Waals surface area contributed by atoms with Gasteiger partial charge in [-0.15, -0.1) is 0 Å². The van der Waals surface area contributed by atoms with Crippen molar-refractivity contribution in [3.63, 3.8) is 0 Å². The monoisotopic (exact) mass is 298 g/mol. The molecule has 6 heteroatoms. The van der Waals surface area contributed by atoms with E-state index in [-0.39, 0.29) is 30.1 Å². The number of nitrogens with zero attached hydrogens (tertiary/aromatic N) is 1. The van der Waals surface area contributed by atoms with Crippen molar-refractivity contribution in [3.05, 3.63) is 0 Å². The summed E-state index contributed by atoms with van der Waals surface area (Å²) in [5.74, 6) is -1.03. The van der Waals surface area contributed by atoms with E-state index in [1.54, 1.807) is 0 Å². The third-order valence-electron chi connectivity index (χ3n) is 3.90. The van der Waals surface area contributed by atoms with Crippen LogP contribution in [0.15, 0.2) is 0 Å². The van der Waals surface area contributed by atoms with Crippen LogP contribution < -0.4 is 5.32 Å². The fourth-order valence-corrected chi connectivity index (χ4v) is 2.46. The van der Waals surface area contributed by atoms with Gasteiger partial charge < -0.3 is 10.4 Å². The van der Waals surface area contributed by atoms with Gasteiger partial charge in [0.2, 0.25) is 11.8 Å². The molecule has 1 aliphatic rings. The van der Waals surface area contributed by atoms with Crippen molar-refractivity contribution in [2.75, 3.05) is 13.1 Å². The van der Waals surface area contributed by atoms with Crippen LogP contribution in [0.2, 0.25) is 0 Å². The molecule has 1 fully saturated rings. The molecule has 2 N–H and O–H groups in total. The summed E-state index contributed by atoms with van der Waals surface area (Å²) in [6.45, 7) is 7.06. The van der Waals surface area contributed by atoms with Crippen molar-refractivity contribution < 1.29 is 19.5 Å². The third-order valence-corrected chi connectivity index (χ3v) is 3.90. The zero-order chi connectivity index (χ0) is 16.0. The van der Waals surface area contributed by atoms with Gasteiger partial charge in [0.05, 0.1) is 12.5 Å². The third kappa shape index (κ3) is 5.46. The molecule has 1 saturated heterocycles. The zero-order valence-corrected chi connectivity index (χ0v) is 13.1. The lowest BCUT2D eigenvalue weighted by atomic mass is 9.84. The summed E-state index contributed by atoms with van der Waals surface area (Å²) >= 11 is 0. The Kier molecular flexibility index (Phi) is 6.33. The van der Waals surface area contributed by atoms with Crippen molar-refractivity contribution >= 4 is 17.8 Å². The van der Waals surface area contributed by atoms with Gasteiger partial charge in [0.25, 0.3) is 0 Å². The van der Waals surface area contributed by atoms with Gasteiger partial charge in [-0.1, -0.05) is 20.8 Å². The normalized spacial score (nSPS) is 19.4. The molecule has 0 radical (unpaired) electrons. The van der Waals surface area contributed by atoms with E-state index in [9.17, 15) is 14.4 Å². The predicted molar refractivity (Wildman–Crippen MR) is 78.7 cm³/mol. The summed E-state index contributed by atoms with van der Waals surface area (Å²) in [5, 5.41) is 11.8. The number of nitrogens with one attached hydrogen (secondary N) is 1. The lowest BCUT2D eigenvalue weighted by molar-refractivity contribution is -0.139. The van der Waals surface area contributed by atoms with Gasteiger partial charge in [0.15, 0.2) is 0 Å². The number of imide groups is 1. The summed E-state index contributed by atoms with van der Waals surface area (Å²) in [4.78, 5) is 35.7. The minimum Gasteiger partial charge on any atom is -0.481 e. The van der Waals surface area contributed by atoms with Crippen molar-refractivity contribution in [3.8, 4) is 0 Å². The Bertz CT molecular complexity index is 406. The molecule has 0 aliphatic carbocycles. The fraction of sp³-hybridized carbons (Fsp3) is 0.800. The number of likely N-dealkylation sites (tertiary alicyclic amines) is 1. The lowest BCUT2D eigenvalue weighted by Gasteiger charge is -2.24. The smallest absolute Gasteiger partial charge is 0.303 e. The molecule has 0 aromatic carbocycles. The molecule has 0 saturated carbocycles. The van der Waals surface area contributed by atoms with E-state index in [2.05, 4.69) is 5.32 Å². The van der Waals surface area contributed by atoms with E-state index in [4.69, 9.17) is 5.11 Å². The average Bonchev–Trinajstić information content (AvgIpc) is 2.65. The second-order valence-corrected chi connectivity index (χ2v) is 6.40. The molecule has 0 aromatic rings. The molecule has 120 valence electrons. The van der Waals surface area contributed by atoms with Gasteiger partial charge in [-0.05, 0) is 31.2 Å². The van der Waals surface area contributed by atoms with Gasteiger partial charge >= 0.3 is 5.97 Å². The standard InChI is InChI=1S/C15H26N2O4/c1-4-9-17-12(18)10-11(14(17)21)16-8-7-15(2,3)6-5-13(19)20/h11,16H,4-10H2,1-3H3,(H,19,20). The largest absolute Gasteiger partial charge is 0.481 e. The first-order valence-electron chi connectivity index (χ1n) is 7.56. The molecule has 21 heavy (non-hydrogen) atoms. The molecule has 0 bridgehead atoms. The van der Waals surface area contributed by atoms with E-state index in [1.165, 1.54) is 4.90 Å². The first kappa shape index (κ1) is 17.6. The zero-order valence-electron chi connectivity index (χ0n) is 13.1. The number of carboxylic acids is 1. The van der Waals surface area contributed by atoms with Crippen LogP contribution in [-0.4, -0.2) is 46.9 Å². The van der Waals surface area contributed by atoms with Crippen LogP contribution in [0, 0.1) is 5.41 Å². The molecule has 1 atom stereocenters. The van der Waals surface area contributed by atoms with Gasteiger partial charge in [-0.3, -0.25) is 19.3 Å². The maximum atomic E-state index is 12.0. The lowest BCUT2D eigenvalue weighted by Crippen LogP contribution is -2.40. The first-order chi connectivity index (χ1) is 9.76. The Hall–Kier alpha value is -1.43. The molecule has 1 aliphatic heterocycles. The highest BCUT2D eigenvalue weighted by molar-refractivity contribution is 6.05. The summed E-state index contributed by atoms with van der Waals surface area (Å²) < 4.78 is 0. The Balaban J connectivity index is 2.37. The molecule has 6 nitrogen and oxygen atoms in total. The number of carbonyl (C=O) groups is 3. The number of carbonyl (C=O) groups excluding carboxylic acids is 2. The Labute approximate surface area is 125 Å². The summed E-state index contributed by atoms with van der Waals surface area (Å²) in [5.41, 5.74) is -0.0971. The van der Waals surface area contributed by atoms with E-state index >= 15 is 0 Å². The molecule has 2 amide bonds. The highest BCUT2D eigenvalue weighted by Crippen LogP contribution is 2.26. The number of carboxylic acid groups (broad SMARTS) is 1. The summed E-state index contributed by atoms with van der Waals surface area (Å²) in [6, 6.07) is -0.417. The molecular weight excluding hydrogens is 272 g/mol. The highest BCUT2D eigenvalue weighted by Gasteiger charge is 2.37. The summed E-state index contributed by atoms with van der Waals surface area (Å²) in [7, 11) is 0. The topological polar surface area (TPSA) is 86.7 Å². The van der Waals surface area contributed by atoms with Gasteiger partial charge in [-0.25, -0.2) is 0 Å². The van der Waals surface area contributed by atoms with Gasteiger partial charge in [0, 0.05) is 13.0 Å². The Morgan fingerprint density at radius 2 is 2.05 bits per heavy atom. The van der Waals surface area contributed by atoms with Crippen molar-refractivity contribution in [1.82, 2.24) is 10.2 Å². The van der Waals surface area contributed by atoms with Crippen LogP contribution in [-0.2, 0) is 14.4 Å². The van der Waals surface area contributed by atoms with E-state index < -0.39 is 12.0 Å². The number of hydrogen-bond donors (Lipinski definition) is 2. The van der Waals surface area contributed by atoms with Crippen LogP contribution in [0.4, 0.5) is 0 Å². The average molecular weight is 298 g/mol. The van der Waals surface area contributed by atoms with Crippen molar-refractivity contribution in [2.45, 2.75) is 58.9 Å². The molecule has 1 heterocycles. The van der Waals surface area contributed by atoms with Crippen molar-refractivity contribution in [1.29, 1.82) is 0 Å². The predicted octanol–water partition coefficient (Wildman–Crippen LogP) is 1.39. The molecule has 1 unspecified atom stereocenters. The number of rotatable bonds is 9. The van der Waals surface area contributed by atoms with Crippen molar-refractivity contribution in [2.24, 2.45) is 5.41 Å². The van der Waals surface area contributed by atoms with Gasteiger partial charge in [0.1, 0.15) is 0 Å². The van der Waals surface area contributed by atoms with E-state index in [1.807, 2.05) is 20.8 Å². The summed E-state index contributed by atoms with van der Waals surface area (Å²) in [6.07, 6.45) is 2.52. The number of hydrogen-bond acceptors (Lipinski definition) is 4. The second-order valence-electron chi connectivity index (χ2n) is 6.40. The first-order valence-corrected chi connectivity index (χ1v) is 7.56. The Morgan fingerprint density at radius 3 is 2.62 bits per heavy atom. The van der Waals surface area contributed by atoms with Crippen LogP contribution in [0.1, 0.15) is 52.9 Å². The van der Waals surface area contributed by atoms with Crippen LogP contribution in [0.5, 0.6) is 0 Å². The molecule has 1 rings (SSSR count). The highest BCUT2D eigenvalue weighted by atomic mass is 16.4. The minimum atomic E-state index is -0.789. The maximum absolute atomic E-state index is 12.0. The van der Waals surface area contributed by atoms with Gasteiger partial charge in [-0.2, -0.15) is 0 Å². The van der Waals surface area contributed by atoms with Crippen LogP contribution >= 0.6 is 0 Å². The SMILES string of the molecule is CCCN1C(=O)CC(NCCC(C)(C)CCC(=O)O)C1=O. The van der Waals surface area contributed by atoms with Crippen LogP contribution in [0.3, 0.4) is 0 Å². The quantitative estimate of drug-likeness (QED) is 0.628. The molecule has 0 spiro atoms. The molecule has 0 aromatic heterocycles. The number of aliphatic carboxylic acids is 1. The number of amides is 2. The molecular formula is C15H26N2O4. The van der Waals surface area contributed by atoms with E-state index in [0.29, 0.717) is 19.5 Å². The van der Waals surface area contributed by atoms with E-state index in [0.717, 1.165) is 12.8 Å². The minimum absolute atomic E-state index is 0.0971. The second kappa shape index (κ2) is 7.54.